The summed E-state index contributed by atoms with van der Waals surface area (Å²) in [4.78, 5) is 0. The van der Waals surface area contributed by atoms with Gasteiger partial charge in [0.05, 0.1) is 25.0 Å². The number of rotatable bonds is 4. The highest BCUT2D eigenvalue weighted by Gasteiger charge is 2.08. The number of nitrogens with zero attached hydrogens (tertiary/aromatic N) is 2. The van der Waals surface area contributed by atoms with E-state index in [1.807, 2.05) is 12.1 Å². The normalized spacial score (nSPS) is 9.50. The van der Waals surface area contributed by atoms with E-state index in [0.29, 0.717) is 24.3 Å². The summed E-state index contributed by atoms with van der Waals surface area (Å²) >= 11 is 8.48. The Morgan fingerprint density at radius 2 is 1.19 bits per heavy atom. The van der Waals surface area contributed by atoms with Crippen molar-refractivity contribution in [2.75, 3.05) is 0 Å². The molecular weight excluding hydrogens is 236 g/mol. The third-order valence-corrected chi connectivity index (χ3v) is 3.08. The summed E-state index contributed by atoms with van der Waals surface area (Å²) in [5.74, 6) is 1.17. The highest BCUT2D eigenvalue weighted by molar-refractivity contribution is 7.79. The molecule has 0 fully saturated rings. The van der Waals surface area contributed by atoms with Crippen LogP contribution in [0.15, 0.2) is 12.1 Å². The van der Waals surface area contributed by atoms with E-state index < -0.39 is 0 Å². The lowest BCUT2D eigenvalue weighted by molar-refractivity contribution is 1.12. The minimum Gasteiger partial charge on any atom is -0.198 e. The van der Waals surface area contributed by atoms with E-state index >= 15 is 0 Å². The summed E-state index contributed by atoms with van der Waals surface area (Å²) in [7, 11) is 0. The zero-order chi connectivity index (χ0) is 12.0. The molecule has 0 amide bonds. The van der Waals surface area contributed by atoms with Crippen LogP contribution in [-0.2, 0) is 24.3 Å². The van der Waals surface area contributed by atoms with Crippen LogP contribution in [0.25, 0.3) is 0 Å². The maximum absolute atomic E-state index is 8.73. The van der Waals surface area contributed by atoms with Crippen LogP contribution in [0.3, 0.4) is 0 Å². The largest absolute Gasteiger partial charge is 0.198 e. The van der Waals surface area contributed by atoms with Crippen molar-refractivity contribution in [2.24, 2.45) is 0 Å². The Morgan fingerprint density at radius 1 is 0.812 bits per heavy atom. The van der Waals surface area contributed by atoms with Crippen LogP contribution in [0.1, 0.15) is 22.3 Å². The van der Waals surface area contributed by atoms with E-state index in [9.17, 15) is 0 Å². The van der Waals surface area contributed by atoms with Gasteiger partial charge in [0.25, 0.3) is 0 Å². The Hall–Kier alpha value is -1.10. The monoisotopic (exact) mass is 248 g/mol. The standard InChI is InChI=1S/C12H12N2S2/c13-3-1-9-5-12(8-16)10(2-4-14)6-11(9)7-15/h5-6,15-16H,1-2,7-8H2. The number of nitriles is 2. The molecular formula is C12H12N2S2. The average molecular weight is 248 g/mol. The fraction of sp³-hybridized carbons (Fsp3) is 0.333. The summed E-state index contributed by atoms with van der Waals surface area (Å²) in [5, 5.41) is 17.5. The summed E-state index contributed by atoms with van der Waals surface area (Å²) in [6, 6.07) is 8.21. The Kier molecular flexibility index (Phi) is 5.25. The molecule has 0 spiro atoms. The second-order valence-electron chi connectivity index (χ2n) is 3.38. The summed E-state index contributed by atoms with van der Waals surface area (Å²) in [6.07, 6.45) is 0.757. The zero-order valence-corrected chi connectivity index (χ0v) is 10.6. The first-order valence-corrected chi connectivity index (χ1v) is 6.12. The van der Waals surface area contributed by atoms with Crippen molar-refractivity contribution in [1.82, 2.24) is 0 Å². The fourth-order valence-electron chi connectivity index (χ4n) is 1.59. The molecule has 0 unspecified atom stereocenters. The smallest absolute Gasteiger partial charge is 0.0669 e. The molecule has 0 N–H and O–H groups in total. The van der Waals surface area contributed by atoms with Gasteiger partial charge >= 0.3 is 0 Å². The summed E-state index contributed by atoms with van der Waals surface area (Å²) < 4.78 is 0. The van der Waals surface area contributed by atoms with Crippen LogP contribution < -0.4 is 0 Å². The number of thiol groups is 2. The molecule has 1 aromatic carbocycles. The first kappa shape index (κ1) is 13.0. The molecule has 0 aliphatic heterocycles. The highest BCUT2D eigenvalue weighted by Crippen LogP contribution is 2.21. The predicted octanol–water partition coefficient (Wildman–Crippen LogP) is 2.68. The van der Waals surface area contributed by atoms with Crippen LogP contribution in [0, 0.1) is 22.7 Å². The molecule has 0 aromatic heterocycles. The molecule has 0 atom stereocenters. The van der Waals surface area contributed by atoms with Crippen LogP contribution in [-0.4, -0.2) is 0 Å². The third-order valence-electron chi connectivity index (χ3n) is 2.40. The lowest BCUT2D eigenvalue weighted by atomic mass is 9.97. The number of benzene rings is 1. The third kappa shape index (κ3) is 2.95. The van der Waals surface area contributed by atoms with Gasteiger partial charge in [-0.05, 0) is 22.3 Å². The van der Waals surface area contributed by atoms with Gasteiger partial charge in [0.1, 0.15) is 0 Å². The minimum atomic E-state index is 0.378. The van der Waals surface area contributed by atoms with Gasteiger partial charge in [-0.1, -0.05) is 12.1 Å². The van der Waals surface area contributed by atoms with Crippen molar-refractivity contribution in [3.8, 4) is 12.1 Å². The van der Waals surface area contributed by atoms with Gasteiger partial charge in [-0.15, -0.1) is 0 Å². The van der Waals surface area contributed by atoms with E-state index in [0.717, 1.165) is 22.3 Å². The molecule has 0 saturated carbocycles. The van der Waals surface area contributed by atoms with Crippen LogP contribution in [0.2, 0.25) is 0 Å². The van der Waals surface area contributed by atoms with Crippen molar-refractivity contribution in [2.45, 2.75) is 24.3 Å². The molecule has 1 aromatic rings. The molecule has 0 heterocycles. The molecule has 0 saturated heterocycles. The number of hydrogen-bond donors (Lipinski definition) is 2. The number of hydrogen-bond acceptors (Lipinski definition) is 4. The lowest BCUT2D eigenvalue weighted by Gasteiger charge is -2.11. The summed E-state index contributed by atoms with van der Waals surface area (Å²) in [6.45, 7) is 0. The second-order valence-corrected chi connectivity index (χ2v) is 4.01. The maximum atomic E-state index is 8.73. The Bertz CT molecular complexity index is 412. The Balaban J connectivity index is 3.24. The summed E-state index contributed by atoms with van der Waals surface area (Å²) in [5.41, 5.74) is 4.04. The van der Waals surface area contributed by atoms with E-state index in [2.05, 4.69) is 37.4 Å². The first-order chi connectivity index (χ1) is 7.76. The van der Waals surface area contributed by atoms with Gasteiger partial charge in [-0.25, -0.2) is 0 Å². The van der Waals surface area contributed by atoms with Gasteiger partial charge in [0.2, 0.25) is 0 Å². The van der Waals surface area contributed by atoms with Gasteiger partial charge in [-0.3, -0.25) is 0 Å². The van der Waals surface area contributed by atoms with E-state index in [1.165, 1.54) is 0 Å². The van der Waals surface area contributed by atoms with Gasteiger partial charge in [0, 0.05) is 11.5 Å². The zero-order valence-electron chi connectivity index (χ0n) is 8.77. The molecule has 0 aliphatic carbocycles. The van der Waals surface area contributed by atoms with E-state index in [1.54, 1.807) is 0 Å². The molecule has 0 aliphatic rings. The lowest BCUT2D eigenvalue weighted by Crippen LogP contribution is -1.98. The molecule has 1 rings (SSSR count). The second kappa shape index (κ2) is 6.48. The first-order valence-electron chi connectivity index (χ1n) is 4.86. The highest BCUT2D eigenvalue weighted by atomic mass is 32.1. The Morgan fingerprint density at radius 3 is 1.44 bits per heavy atom. The van der Waals surface area contributed by atoms with Crippen LogP contribution in [0.4, 0.5) is 0 Å². The molecule has 82 valence electrons. The van der Waals surface area contributed by atoms with E-state index in [4.69, 9.17) is 10.5 Å². The molecule has 0 radical (unpaired) electrons. The van der Waals surface area contributed by atoms with Crippen molar-refractivity contribution >= 4 is 25.3 Å². The van der Waals surface area contributed by atoms with Gasteiger partial charge < -0.3 is 0 Å². The van der Waals surface area contributed by atoms with Crippen molar-refractivity contribution in [3.63, 3.8) is 0 Å². The SMILES string of the molecule is N#CCc1cc(CS)c(CC#N)cc1CS. The van der Waals surface area contributed by atoms with Gasteiger partial charge in [-0.2, -0.15) is 35.8 Å². The quantitative estimate of drug-likeness (QED) is 0.805. The van der Waals surface area contributed by atoms with E-state index in [-0.39, 0.29) is 0 Å². The minimum absolute atomic E-state index is 0.378. The molecule has 0 bridgehead atoms. The van der Waals surface area contributed by atoms with Crippen molar-refractivity contribution < 1.29 is 0 Å². The Labute approximate surface area is 107 Å². The predicted molar refractivity (Wildman–Crippen MR) is 70.5 cm³/mol. The molecule has 2 nitrogen and oxygen atoms in total. The topological polar surface area (TPSA) is 47.6 Å². The van der Waals surface area contributed by atoms with Gasteiger partial charge in [0.15, 0.2) is 0 Å². The molecule has 16 heavy (non-hydrogen) atoms. The fourth-order valence-corrected chi connectivity index (χ4v) is 2.17. The van der Waals surface area contributed by atoms with Crippen molar-refractivity contribution in [3.05, 3.63) is 34.4 Å². The van der Waals surface area contributed by atoms with Crippen molar-refractivity contribution in [1.29, 1.82) is 10.5 Å². The average Bonchev–Trinajstić information content (AvgIpc) is 2.31. The maximum Gasteiger partial charge on any atom is 0.0669 e. The van der Waals surface area contributed by atoms with Crippen LogP contribution >= 0.6 is 25.3 Å². The van der Waals surface area contributed by atoms with Crippen LogP contribution in [0.5, 0.6) is 0 Å². The molecule has 4 heteroatoms.